The van der Waals surface area contributed by atoms with E-state index in [1.54, 1.807) is 43.3 Å². The molecule has 2 rings (SSSR count). The van der Waals surface area contributed by atoms with Crippen LogP contribution in [0, 0.1) is 0 Å². The molecule has 2 amide bonds. The van der Waals surface area contributed by atoms with Gasteiger partial charge in [0.25, 0.3) is 11.8 Å². The minimum absolute atomic E-state index is 0.318. The monoisotopic (exact) mass is 347 g/mol. The van der Waals surface area contributed by atoms with Crippen LogP contribution in [0.3, 0.4) is 0 Å². The molecular formula is C17H18ClN3O3. The summed E-state index contributed by atoms with van der Waals surface area (Å²) in [4.78, 5) is 28.5. The maximum Gasteiger partial charge on any atom is 0.258 e. The van der Waals surface area contributed by atoms with Crippen LogP contribution in [0.5, 0.6) is 0 Å². The van der Waals surface area contributed by atoms with E-state index in [2.05, 4.69) is 15.6 Å². The van der Waals surface area contributed by atoms with Gasteiger partial charge in [-0.05, 0) is 38.1 Å². The van der Waals surface area contributed by atoms with Gasteiger partial charge in [0.2, 0.25) is 0 Å². The number of amides is 2. The number of halogens is 1. The zero-order valence-corrected chi connectivity index (χ0v) is 14.1. The molecule has 2 aromatic rings. The van der Waals surface area contributed by atoms with Crippen molar-refractivity contribution in [3.8, 4) is 0 Å². The Morgan fingerprint density at radius 1 is 1.21 bits per heavy atom. The van der Waals surface area contributed by atoms with E-state index in [1.165, 1.54) is 6.20 Å². The number of carbonyl (C=O) groups is 2. The molecule has 0 fully saturated rings. The second-order valence-corrected chi connectivity index (χ2v) is 5.38. The lowest BCUT2D eigenvalue weighted by atomic mass is 10.1. The molecule has 1 unspecified atom stereocenters. The van der Waals surface area contributed by atoms with Gasteiger partial charge < -0.3 is 15.4 Å². The summed E-state index contributed by atoms with van der Waals surface area (Å²) in [6, 6.07) is 9.94. The third-order valence-corrected chi connectivity index (χ3v) is 3.41. The molecule has 0 saturated heterocycles. The second kappa shape index (κ2) is 8.42. The molecular weight excluding hydrogens is 330 g/mol. The maximum absolute atomic E-state index is 12.4. The van der Waals surface area contributed by atoms with Crippen molar-refractivity contribution in [2.45, 2.75) is 20.0 Å². The first kappa shape index (κ1) is 17.9. The molecule has 0 aliphatic rings. The molecule has 24 heavy (non-hydrogen) atoms. The predicted octanol–water partition coefficient (Wildman–Crippen LogP) is 3.35. The lowest BCUT2D eigenvalue weighted by Gasteiger charge is -2.14. The molecule has 7 heteroatoms. The van der Waals surface area contributed by atoms with Crippen LogP contribution in [0.15, 0.2) is 42.6 Å². The number of hydrogen-bond acceptors (Lipinski definition) is 4. The van der Waals surface area contributed by atoms with E-state index in [0.717, 1.165) is 0 Å². The van der Waals surface area contributed by atoms with Crippen LogP contribution in [0.4, 0.5) is 11.5 Å². The molecule has 126 valence electrons. The summed E-state index contributed by atoms with van der Waals surface area (Å²) < 4.78 is 5.25. The van der Waals surface area contributed by atoms with Crippen LogP contribution in [0.1, 0.15) is 24.2 Å². The summed E-state index contributed by atoms with van der Waals surface area (Å²) in [6.07, 6.45) is 0.832. The highest BCUT2D eigenvalue weighted by atomic mass is 35.5. The zero-order chi connectivity index (χ0) is 17.5. The smallest absolute Gasteiger partial charge is 0.258 e. The van der Waals surface area contributed by atoms with Gasteiger partial charge >= 0.3 is 0 Å². The standard InChI is InChI=1S/C17H18ClN3O3/c1-3-24-11(2)16(22)20-14-7-5-4-6-13(14)17(23)21-15-9-8-12(18)10-19-15/h4-11H,3H2,1-2H3,(H,20,22)(H,19,21,23). The van der Waals surface area contributed by atoms with Crippen molar-refractivity contribution in [3.63, 3.8) is 0 Å². The van der Waals surface area contributed by atoms with Crippen LogP contribution in [0.2, 0.25) is 5.02 Å². The van der Waals surface area contributed by atoms with Gasteiger partial charge in [-0.2, -0.15) is 0 Å². The van der Waals surface area contributed by atoms with E-state index in [9.17, 15) is 9.59 Å². The maximum atomic E-state index is 12.4. The number of nitrogens with zero attached hydrogens (tertiary/aromatic N) is 1. The highest BCUT2D eigenvalue weighted by molar-refractivity contribution is 6.30. The van der Waals surface area contributed by atoms with E-state index in [0.29, 0.717) is 28.7 Å². The SMILES string of the molecule is CCOC(C)C(=O)Nc1ccccc1C(=O)Nc1ccc(Cl)cn1. The van der Waals surface area contributed by atoms with Crippen molar-refractivity contribution >= 4 is 34.9 Å². The van der Waals surface area contributed by atoms with Crippen molar-refractivity contribution < 1.29 is 14.3 Å². The van der Waals surface area contributed by atoms with Gasteiger partial charge in [0.1, 0.15) is 11.9 Å². The predicted molar refractivity (Wildman–Crippen MR) is 93.4 cm³/mol. The summed E-state index contributed by atoms with van der Waals surface area (Å²) >= 11 is 5.77. The molecule has 1 atom stereocenters. The molecule has 0 bridgehead atoms. The Labute approximate surface area is 145 Å². The molecule has 2 N–H and O–H groups in total. The number of aromatic nitrogens is 1. The molecule has 0 saturated carbocycles. The Balaban J connectivity index is 2.14. The summed E-state index contributed by atoms with van der Waals surface area (Å²) in [5, 5.41) is 5.84. The number of carbonyl (C=O) groups excluding carboxylic acids is 2. The van der Waals surface area contributed by atoms with Crippen molar-refractivity contribution in [3.05, 3.63) is 53.2 Å². The van der Waals surface area contributed by atoms with Crippen LogP contribution < -0.4 is 10.6 Å². The van der Waals surface area contributed by atoms with E-state index >= 15 is 0 Å². The van der Waals surface area contributed by atoms with Crippen molar-refractivity contribution in [2.24, 2.45) is 0 Å². The number of benzene rings is 1. The number of rotatable bonds is 6. The lowest BCUT2D eigenvalue weighted by molar-refractivity contribution is -0.126. The highest BCUT2D eigenvalue weighted by Gasteiger charge is 2.17. The molecule has 0 aliphatic heterocycles. The average Bonchev–Trinajstić information content (AvgIpc) is 2.57. The fourth-order valence-electron chi connectivity index (χ4n) is 1.98. The third-order valence-electron chi connectivity index (χ3n) is 3.18. The largest absolute Gasteiger partial charge is 0.369 e. The molecule has 6 nitrogen and oxygen atoms in total. The van der Waals surface area contributed by atoms with E-state index in [4.69, 9.17) is 16.3 Å². The number of pyridine rings is 1. The van der Waals surface area contributed by atoms with Crippen LogP contribution >= 0.6 is 11.6 Å². The number of anilines is 2. The Hall–Kier alpha value is -2.44. The average molecular weight is 348 g/mol. The van der Waals surface area contributed by atoms with Crippen molar-refractivity contribution in [1.29, 1.82) is 0 Å². The van der Waals surface area contributed by atoms with Gasteiger partial charge in [-0.3, -0.25) is 9.59 Å². The van der Waals surface area contributed by atoms with E-state index in [1.807, 2.05) is 6.92 Å². The first-order valence-electron chi connectivity index (χ1n) is 7.45. The van der Waals surface area contributed by atoms with Crippen molar-refractivity contribution in [2.75, 3.05) is 17.2 Å². The molecule has 0 spiro atoms. The van der Waals surface area contributed by atoms with E-state index in [-0.39, 0.29) is 11.8 Å². The van der Waals surface area contributed by atoms with Gasteiger partial charge in [0.15, 0.2) is 0 Å². The minimum atomic E-state index is -0.607. The van der Waals surface area contributed by atoms with Gasteiger partial charge in [-0.1, -0.05) is 23.7 Å². The zero-order valence-electron chi connectivity index (χ0n) is 13.4. The number of ether oxygens (including phenoxy) is 1. The summed E-state index contributed by atoms with van der Waals surface area (Å²) in [5.41, 5.74) is 0.729. The molecule has 0 radical (unpaired) electrons. The summed E-state index contributed by atoms with van der Waals surface area (Å²) in [5.74, 6) is -0.334. The topological polar surface area (TPSA) is 80.3 Å². The van der Waals surface area contributed by atoms with Gasteiger partial charge in [-0.25, -0.2) is 4.98 Å². The first-order chi connectivity index (χ1) is 11.5. The van der Waals surface area contributed by atoms with Crippen LogP contribution in [0.25, 0.3) is 0 Å². The number of para-hydroxylation sites is 1. The summed E-state index contributed by atoms with van der Waals surface area (Å²) in [6.45, 7) is 3.89. The minimum Gasteiger partial charge on any atom is -0.369 e. The Bertz CT molecular complexity index is 719. The van der Waals surface area contributed by atoms with Gasteiger partial charge in [-0.15, -0.1) is 0 Å². The Kier molecular flexibility index (Phi) is 6.28. The Morgan fingerprint density at radius 2 is 1.96 bits per heavy atom. The molecule has 1 heterocycles. The highest BCUT2D eigenvalue weighted by Crippen LogP contribution is 2.18. The van der Waals surface area contributed by atoms with E-state index < -0.39 is 6.10 Å². The normalized spacial score (nSPS) is 11.6. The summed E-state index contributed by atoms with van der Waals surface area (Å²) in [7, 11) is 0. The first-order valence-corrected chi connectivity index (χ1v) is 7.83. The molecule has 1 aromatic heterocycles. The van der Waals surface area contributed by atoms with Crippen LogP contribution in [-0.2, 0) is 9.53 Å². The molecule has 0 aliphatic carbocycles. The Morgan fingerprint density at radius 3 is 2.62 bits per heavy atom. The number of hydrogen-bond donors (Lipinski definition) is 2. The third kappa shape index (κ3) is 4.78. The number of nitrogens with one attached hydrogen (secondary N) is 2. The second-order valence-electron chi connectivity index (χ2n) is 4.95. The van der Waals surface area contributed by atoms with Crippen LogP contribution in [-0.4, -0.2) is 29.5 Å². The van der Waals surface area contributed by atoms with Gasteiger partial charge in [0, 0.05) is 12.8 Å². The quantitative estimate of drug-likeness (QED) is 0.839. The van der Waals surface area contributed by atoms with Gasteiger partial charge in [0.05, 0.1) is 16.3 Å². The van der Waals surface area contributed by atoms with Crippen molar-refractivity contribution in [1.82, 2.24) is 4.98 Å². The fourth-order valence-corrected chi connectivity index (χ4v) is 2.10. The lowest BCUT2D eigenvalue weighted by Crippen LogP contribution is -2.28. The fraction of sp³-hybridized carbons (Fsp3) is 0.235. The molecule has 1 aromatic carbocycles.